The number of carbonyl (C=O) groups is 1. The fourth-order valence-corrected chi connectivity index (χ4v) is 5.26. The molecule has 35 heavy (non-hydrogen) atoms. The Morgan fingerprint density at radius 1 is 1.14 bits per heavy atom. The Labute approximate surface area is 227 Å². The summed E-state index contributed by atoms with van der Waals surface area (Å²) in [5, 5.41) is 5.93. The Morgan fingerprint density at radius 2 is 1.86 bits per heavy atom. The van der Waals surface area contributed by atoms with Gasteiger partial charge in [0.2, 0.25) is 0 Å². The van der Waals surface area contributed by atoms with Crippen LogP contribution in [-0.2, 0) is 13.0 Å². The molecular formula is C27H29ClIN3O3. The number of aromatic nitrogens is 2. The van der Waals surface area contributed by atoms with Crippen molar-refractivity contribution in [2.75, 3.05) is 27.2 Å². The molecular weight excluding hydrogens is 577 g/mol. The number of likely N-dealkylation sites (tertiary alicyclic amines) is 1. The third-order valence-corrected chi connectivity index (χ3v) is 7.24. The highest BCUT2D eigenvalue weighted by Crippen LogP contribution is 2.32. The smallest absolute Gasteiger partial charge is 0.262 e. The lowest BCUT2D eigenvalue weighted by Gasteiger charge is -2.27. The standard InChI is InChI=1S/C27H29ClN3O3.HI/c1-18-24(16-23-14-21(29-34-23)17-31(2)12-4-5-13-31)25-15-22(33-3)10-11-26(25)30(18)27(32)19-6-8-20(28)9-7-19;/h6-11,14-15H,4-5,12-13,16-17H2,1-3H3;1H/q+1;/p-1. The summed E-state index contributed by atoms with van der Waals surface area (Å²) in [5.74, 6) is 1.44. The van der Waals surface area contributed by atoms with Gasteiger partial charge in [-0.25, -0.2) is 0 Å². The number of hydrogen-bond acceptors (Lipinski definition) is 4. The van der Waals surface area contributed by atoms with Crippen LogP contribution in [0.2, 0.25) is 5.02 Å². The maximum atomic E-state index is 13.5. The van der Waals surface area contributed by atoms with Gasteiger partial charge in [0.05, 0.1) is 32.8 Å². The first-order valence-electron chi connectivity index (χ1n) is 11.6. The van der Waals surface area contributed by atoms with E-state index in [1.165, 1.54) is 25.9 Å². The van der Waals surface area contributed by atoms with Gasteiger partial charge in [0.1, 0.15) is 23.7 Å². The van der Waals surface area contributed by atoms with Crippen LogP contribution in [0.15, 0.2) is 53.1 Å². The number of nitrogens with zero attached hydrogens (tertiary/aromatic N) is 3. The third kappa shape index (κ3) is 5.13. The molecule has 0 radical (unpaired) electrons. The zero-order chi connectivity index (χ0) is 23.9. The Balaban J connectivity index is 0.00000289. The predicted octanol–water partition coefficient (Wildman–Crippen LogP) is 2.62. The summed E-state index contributed by atoms with van der Waals surface area (Å²) in [4.78, 5) is 13.5. The molecule has 8 heteroatoms. The minimum absolute atomic E-state index is 0. The van der Waals surface area contributed by atoms with Crippen molar-refractivity contribution in [3.8, 4) is 5.75 Å². The van der Waals surface area contributed by atoms with Gasteiger partial charge >= 0.3 is 0 Å². The molecule has 2 aromatic carbocycles. The van der Waals surface area contributed by atoms with Gasteiger partial charge in [-0.3, -0.25) is 9.36 Å². The fourth-order valence-electron chi connectivity index (χ4n) is 5.13. The number of quaternary nitrogens is 1. The maximum Gasteiger partial charge on any atom is 0.262 e. The van der Waals surface area contributed by atoms with E-state index < -0.39 is 0 Å². The second-order valence-corrected chi connectivity index (χ2v) is 9.92. The quantitative estimate of drug-likeness (QED) is 0.251. The fraction of sp³-hybridized carbons (Fsp3) is 0.333. The van der Waals surface area contributed by atoms with E-state index in [-0.39, 0.29) is 29.9 Å². The van der Waals surface area contributed by atoms with E-state index in [4.69, 9.17) is 20.9 Å². The molecule has 1 saturated heterocycles. The molecule has 0 bridgehead atoms. The van der Waals surface area contributed by atoms with Crippen molar-refractivity contribution in [3.63, 3.8) is 0 Å². The summed E-state index contributed by atoms with van der Waals surface area (Å²) in [7, 11) is 3.93. The van der Waals surface area contributed by atoms with E-state index in [1.807, 2.05) is 25.1 Å². The topological polar surface area (TPSA) is 57.3 Å². The van der Waals surface area contributed by atoms with Crippen LogP contribution in [-0.4, -0.2) is 47.4 Å². The molecule has 1 aliphatic heterocycles. The minimum atomic E-state index is -0.0969. The third-order valence-electron chi connectivity index (χ3n) is 6.98. The SMILES string of the molecule is COc1ccc2c(c1)c(Cc1cc(C[N+]3(C)CCCC3)no1)c(C)n2C(=O)c1ccc(Cl)cc1.[I-]. The van der Waals surface area contributed by atoms with Crippen LogP contribution < -0.4 is 28.7 Å². The molecule has 1 aliphatic rings. The second-order valence-electron chi connectivity index (χ2n) is 9.49. The zero-order valence-corrected chi connectivity index (χ0v) is 23.1. The minimum Gasteiger partial charge on any atom is -1.00 e. The van der Waals surface area contributed by atoms with E-state index in [0.717, 1.165) is 50.4 Å². The molecule has 0 unspecified atom stereocenters. The Morgan fingerprint density at radius 3 is 2.54 bits per heavy atom. The van der Waals surface area contributed by atoms with Gasteiger partial charge in [0.15, 0.2) is 0 Å². The van der Waals surface area contributed by atoms with Crippen molar-refractivity contribution >= 4 is 28.4 Å². The predicted molar refractivity (Wildman–Crippen MR) is 133 cm³/mol. The summed E-state index contributed by atoms with van der Waals surface area (Å²) in [6.45, 7) is 5.22. The van der Waals surface area contributed by atoms with Crippen molar-refractivity contribution in [2.24, 2.45) is 0 Å². The largest absolute Gasteiger partial charge is 1.00 e. The lowest BCUT2D eigenvalue weighted by Crippen LogP contribution is -3.00. The number of halogens is 2. The summed E-state index contributed by atoms with van der Waals surface area (Å²) in [6, 6.07) is 14.8. The summed E-state index contributed by atoms with van der Waals surface area (Å²) >= 11 is 6.03. The number of fused-ring (bicyclic) bond motifs is 1. The Bertz CT molecular complexity index is 1350. The summed E-state index contributed by atoms with van der Waals surface area (Å²) < 4.78 is 14.0. The molecule has 184 valence electrons. The molecule has 3 heterocycles. The molecule has 5 rings (SSSR count). The molecule has 6 nitrogen and oxygen atoms in total. The van der Waals surface area contributed by atoms with Crippen LogP contribution in [0.5, 0.6) is 5.75 Å². The van der Waals surface area contributed by atoms with Crippen LogP contribution in [0.1, 0.15) is 45.9 Å². The van der Waals surface area contributed by atoms with E-state index in [2.05, 4.69) is 18.3 Å². The van der Waals surface area contributed by atoms with Crippen LogP contribution >= 0.6 is 11.6 Å². The first-order chi connectivity index (χ1) is 16.4. The lowest BCUT2D eigenvalue weighted by molar-refractivity contribution is -0.911. The zero-order valence-electron chi connectivity index (χ0n) is 20.2. The first-order valence-corrected chi connectivity index (χ1v) is 12.0. The van der Waals surface area contributed by atoms with Crippen LogP contribution in [0.4, 0.5) is 0 Å². The van der Waals surface area contributed by atoms with E-state index in [9.17, 15) is 4.79 Å². The average Bonchev–Trinajstić information content (AvgIpc) is 3.52. The molecule has 0 saturated carbocycles. The molecule has 0 spiro atoms. The van der Waals surface area contributed by atoms with Gasteiger partial charge in [-0.2, -0.15) is 0 Å². The molecule has 1 fully saturated rings. The van der Waals surface area contributed by atoms with E-state index in [1.54, 1.807) is 35.9 Å². The number of rotatable bonds is 6. The van der Waals surface area contributed by atoms with Crippen LogP contribution in [0.3, 0.4) is 0 Å². The van der Waals surface area contributed by atoms with Gasteiger partial charge in [0.25, 0.3) is 5.91 Å². The summed E-state index contributed by atoms with van der Waals surface area (Å²) in [6.07, 6.45) is 3.08. The van der Waals surface area contributed by atoms with Gasteiger partial charge in [-0.05, 0) is 55.0 Å². The molecule has 4 aromatic rings. The number of methoxy groups -OCH3 is 1. The second kappa shape index (κ2) is 10.3. The van der Waals surface area contributed by atoms with Crippen LogP contribution in [0.25, 0.3) is 10.9 Å². The van der Waals surface area contributed by atoms with E-state index in [0.29, 0.717) is 17.0 Å². The van der Waals surface area contributed by atoms with Gasteiger partial charge in [-0.1, -0.05) is 16.8 Å². The number of ether oxygens (including phenoxy) is 1. The van der Waals surface area contributed by atoms with Crippen molar-refractivity contribution in [2.45, 2.75) is 32.7 Å². The highest BCUT2D eigenvalue weighted by molar-refractivity contribution is 6.30. The van der Waals surface area contributed by atoms with E-state index >= 15 is 0 Å². The Hall–Kier alpha value is -2.36. The van der Waals surface area contributed by atoms with Gasteiger partial charge in [0, 0.05) is 47.0 Å². The molecule has 0 aliphatic carbocycles. The number of carbonyl (C=O) groups excluding carboxylic acids is 1. The lowest BCUT2D eigenvalue weighted by atomic mass is 10.1. The maximum absolute atomic E-state index is 13.5. The van der Waals surface area contributed by atoms with Crippen molar-refractivity contribution in [3.05, 3.63) is 81.8 Å². The van der Waals surface area contributed by atoms with Crippen LogP contribution in [0, 0.1) is 6.92 Å². The molecule has 0 N–H and O–H groups in total. The number of benzene rings is 2. The van der Waals surface area contributed by atoms with Crippen molar-refractivity contribution < 1.29 is 42.5 Å². The average molecular weight is 606 g/mol. The molecule has 0 amide bonds. The monoisotopic (exact) mass is 605 g/mol. The summed E-state index contributed by atoms with van der Waals surface area (Å²) in [5.41, 5.74) is 4.30. The molecule has 2 aromatic heterocycles. The van der Waals surface area contributed by atoms with Gasteiger partial charge in [-0.15, -0.1) is 0 Å². The van der Waals surface area contributed by atoms with Crippen molar-refractivity contribution in [1.82, 2.24) is 9.72 Å². The first kappa shape index (κ1) is 25.7. The molecule has 0 atom stereocenters. The number of hydrogen-bond donors (Lipinski definition) is 0. The Kier molecular flexibility index (Phi) is 7.59. The normalized spacial score (nSPS) is 14.7. The van der Waals surface area contributed by atoms with Gasteiger partial charge < -0.3 is 37.7 Å². The highest BCUT2D eigenvalue weighted by atomic mass is 127. The highest BCUT2D eigenvalue weighted by Gasteiger charge is 2.29. The van der Waals surface area contributed by atoms with Crippen molar-refractivity contribution in [1.29, 1.82) is 0 Å².